The zero-order chi connectivity index (χ0) is 15.6. The highest BCUT2D eigenvalue weighted by Gasteiger charge is 2.19. The number of rotatable bonds is 5. The summed E-state index contributed by atoms with van der Waals surface area (Å²) in [7, 11) is 4.05. The molecule has 0 aliphatic heterocycles. The molecule has 114 valence electrons. The van der Waals surface area contributed by atoms with Crippen molar-refractivity contribution in [3.8, 4) is 0 Å². The Hall–Kier alpha value is -1.13. The van der Waals surface area contributed by atoms with E-state index in [2.05, 4.69) is 65.3 Å². The molecule has 1 N–H and O–H groups in total. The van der Waals surface area contributed by atoms with Crippen LogP contribution < -0.4 is 5.32 Å². The molecule has 1 aromatic heterocycles. The fraction of sp³-hybridized carbons (Fsp3) is 0.471. The van der Waals surface area contributed by atoms with Crippen LogP contribution in [0.2, 0.25) is 0 Å². The molecule has 0 spiro atoms. The van der Waals surface area contributed by atoms with Crippen LogP contribution in [0.15, 0.2) is 22.7 Å². The topological polar surface area (TPSA) is 29.9 Å². The highest BCUT2D eigenvalue weighted by atomic mass is 79.9. The van der Waals surface area contributed by atoms with Gasteiger partial charge in [-0.25, -0.2) is 0 Å². The van der Waals surface area contributed by atoms with Crippen LogP contribution in [0.5, 0.6) is 0 Å². The molecule has 1 unspecified atom stereocenters. The van der Waals surface area contributed by atoms with Gasteiger partial charge < -0.3 is 5.32 Å². The standard InChI is InChI=1S/C17H24BrN3/c1-6-14-17(18)16(21(5)20-14)10-15(19-4)13-9-7-8-11(2)12(13)3/h7-9,15,19H,6,10H2,1-5H3. The first-order chi connectivity index (χ1) is 9.99. The number of likely N-dealkylation sites (N-methyl/N-ethyl adjacent to an activating group) is 1. The molecule has 0 saturated heterocycles. The summed E-state index contributed by atoms with van der Waals surface area (Å²) >= 11 is 3.71. The Balaban J connectivity index is 2.36. The maximum atomic E-state index is 4.59. The summed E-state index contributed by atoms with van der Waals surface area (Å²) in [6, 6.07) is 6.81. The molecule has 4 heteroatoms. The van der Waals surface area contributed by atoms with E-state index in [-0.39, 0.29) is 0 Å². The lowest BCUT2D eigenvalue weighted by Gasteiger charge is -2.20. The Morgan fingerprint density at radius 2 is 2.05 bits per heavy atom. The number of aryl methyl sites for hydroxylation is 3. The summed E-state index contributed by atoms with van der Waals surface area (Å²) in [5.74, 6) is 0. The van der Waals surface area contributed by atoms with E-state index in [9.17, 15) is 0 Å². The molecule has 0 bridgehead atoms. The third-order valence-electron chi connectivity index (χ3n) is 4.27. The van der Waals surface area contributed by atoms with Crippen molar-refractivity contribution in [2.45, 2.75) is 39.7 Å². The summed E-state index contributed by atoms with van der Waals surface area (Å²) in [6.07, 6.45) is 1.87. The molecule has 2 rings (SSSR count). The Morgan fingerprint density at radius 1 is 1.33 bits per heavy atom. The smallest absolute Gasteiger partial charge is 0.0766 e. The van der Waals surface area contributed by atoms with Gasteiger partial charge in [0, 0.05) is 19.5 Å². The van der Waals surface area contributed by atoms with Crippen LogP contribution in [0.3, 0.4) is 0 Å². The molecule has 1 atom stereocenters. The number of nitrogens with one attached hydrogen (secondary N) is 1. The predicted molar refractivity (Wildman–Crippen MR) is 91.7 cm³/mol. The molecule has 1 heterocycles. The van der Waals surface area contributed by atoms with Crippen LogP contribution in [0.4, 0.5) is 0 Å². The predicted octanol–water partition coefficient (Wildman–Crippen LogP) is 3.87. The minimum atomic E-state index is 0.293. The van der Waals surface area contributed by atoms with Crippen LogP contribution >= 0.6 is 15.9 Å². The van der Waals surface area contributed by atoms with E-state index in [1.165, 1.54) is 22.4 Å². The third kappa shape index (κ3) is 3.22. The van der Waals surface area contributed by atoms with E-state index in [4.69, 9.17) is 0 Å². The van der Waals surface area contributed by atoms with Crippen LogP contribution in [-0.4, -0.2) is 16.8 Å². The summed E-state index contributed by atoms with van der Waals surface area (Å²) in [5, 5.41) is 8.05. The maximum Gasteiger partial charge on any atom is 0.0766 e. The first kappa shape index (κ1) is 16.2. The Morgan fingerprint density at radius 3 is 2.62 bits per heavy atom. The average Bonchev–Trinajstić information content (AvgIpc) is 2.74. The van der Waals surface area contributed by atoms with Crippen molar-refractivity contribution in [1.82, 2.24) is 15.1 Å². The minimum Gasteiger partial charge on any atom is -0.313 e. The molecular formula is C17H24BrN3. The third-order valence-corrected chi connectivity index (χ3v) is 5.19. The molecule has 3 nitrogen and oxygen atoms in total. The first-order valence-electron chi connectivity index (χ1n) is 7.43. The van der Waals surface area contributed by atoms with Gasteiger partial charge >= 0.3 is 0 Å². The first-order valence-corrected chi connectivity index (χ1v) is 8.22. The summed E-state index contributed by atoms with van der Waals surface area (Å²) < 4.78 is 3.15. The van der Waals surface area contributed by atoms with Crippen molar-refractivity contribution in [2.75, 3.05) is 7.05 Å². The summed E-state index contributed by atoms with van der Waals surface area (Å²) in [5.41, 5.74) is 6.44. The van der Waals surface area contributed by atoms with Gasteiger partial charge in [-0.15, -0.1) is 0 Å². The number of hydrogen-bond donors (Lipinski definition) is 1. The largest absolute Gasteiger partial charge is 0.313 e. The molecule has 21 heavy (non-hydrogen) atoms. The fourth-order valence-corrected chi connectivity index (χ4v) is 3.53. The van der Waals surface area contributed by atoms with Gasteiger partial charge in [-0.2, -0.15) is 5.10 Å². The molecule has 2 aromatic rings. The molecule has 0 saturated carbocycles. The lowest BCUT2D eigenvalue weighted by molar-refractivity contribution is 0.557. The van der Waals surface area contributed by atoms with Crippen molar-refractivity contribution in [3.63, 3.8) is 0 Å². The van der Waals surface area contributed by atoms with Crippen molar-refractivity contribution in [3.05, 3.63) is 50.8 Å². The second-order valence-corrected chi connectivity index (χ2v) is 6.31. The van der Waals surface area contributed by atoms with Crippen LogP contribution in [-0.2, 0) is 19.9 Å². The number of nitrogens with zero attached hydrogens (tertiary/aromatic N) is 2. The van der Waals surface area contributed by atoms with Gasteiger partial charge in [-0.3, -0.25) is 4.68 Å². The normalized spacial score (nSPS) is 12.7. The zero-order valence-corrected chi connectivity index (χ0v) is 15.1. The van der Waals surface area contributed by atoms with E-state index in [0.717, 1.165) is 23.0 Å². The quantitative estimate of drug-likeness (QED) is 0.887. The number of aromatic nitrogens is 2. The van der Waals surface area contributed by atoms with Crippen LogP contribution in [0, 0.1) is 13.8 Å². The zero-order valence-electron chi connectivity index (χ0n) is 13.5. The van der Waals surface area contributed by atoms with Crippen molar-refractivity contribution < 1.29 is 0 Å². The Bertz CT molecular complexity index is 631. The number of benzene rings is 1. The van der Waals surface area contributed by atoms with Gasteiger partial charge in [-0.1, -0.05) is 25.1 Å². The molecule has 0 amide bonds. The fourth-order valence-electron chi connectivity index (χ4n) is 2.75. The van der Waals surface area contributed by atoms with Crippen LogP contribution in [0.1, 0.15) is 41.0 Å². The SMILES string of the molecule is CCc1nn(C)c(CC(NC)c2cccc(C)c2C)c1Br. The highest BCUT2D eigenvalue weighted by Crippen LogP contribution is 2.28. The van der Waals surface area contributed by atoms with Gasteiger partial charge in [0.25, 0.3) is 0 Å². The van der Waals surface area contributed by atoms with E-state index >= 15 is 0 Å². The monoisotopic (exact) mass is 349 g/mol. The molecule has 0 fully saturated rings. The Kier molecular flexibility index (Phi) is 5.22. The van der Waals surface area contributed by atoms with Crippen molar-refractivity contribution >= 4 is 15.9 Å². The second-order valence-electron chi connectivity index (χ2n) is 5.52. The van der Waals surface area contributed by atoms with Gasteiger partial charge in [0.15, 0.2) is 0 Å². The summed E-state index contributed by atoms with van der Waals surface area (Å²) in [6.45, 7) is 6.50. The second kappa shape index (κ2) is 6.75. The van der Waals surface area contributed by atoms with E-state index in [1.54, 1.807) is 0 Å². The minimum absolute atomic E-state index is 0.293. The van der Waals surface area contributed by atoms with Gasteiger partial charge in [0.1, 0.15) is 0 Å². The lowest BCUT2D eigenvalue weighted by Crippen LogP contribution is -2.21. The lowest BCUT2D eigenvalue weighted by atomic mass is 9.94. The van der Waals surface area contributed by atoms with Gasteiger partial charge in [0.2, 0.25) is 0 Å². The Labute approximate surface area is 135 Å². The van der Waals surface area contributed by atoms with E-state index in [0.29, 0.717) is 6.04 Å². The summed E-state index contributed by atoms with van der Waals surface area (Å²) in [4.78, 5) is 0. The molecule has 0 aliphatic rings. The van der Waals surface area contributed by atoms with E-state index < -0.39 is 0 Å². The maximum absolute atomic E-state index is 4.59. The molecule has 0 aliphatic carbocycles. The van der Waals surface area contributed by atoms with Crippen molar-refractivity contribution in [2.24, 2.45) is 7.05 Å². The van der Waals surface area contributed by atoms with Gasteiger partial charge in [0.05, 0.1) is 15.9 Å². The molecule has 0 radical (unpaired) electrons. The van der Waals surface area contributed by atoms with Crippen LogP contribution in [0.25, 0.3) is 0 Å². The number of hydrogen-bond acceptors (Lipinski definition) is 2. The highest BCUT2D eigenvalue weighted by molar-refractivity contribution is 9.10. The molecular weight excluding hydrogens is 326 g/mol. The van der Waals surface area contributed by atoms with Gasteiger partial charge in [-0.05, 0) is 59.9 Å². The molecule has 1 aromatic carbocycles. The number of halogens is 1. The average molecular weight is 350 g/mol. The van der Waals surface area contributed by atoms with Crippen molar-refractivity contribution in [1.29, 1.82) is 0 Å². The van der Waals surface area contributed by atoms with E-state index in [1.807, 2.05) is 18.8 Å².